The van der Waals surface area contributed by atoms with Crippen LogP contribution in [0.2, 0.25) is 0 Å². The molecule has 0 bridgehead atoms. The van der Waals surface area contributed by atoms with Crippen molar-refractivity contribution in [3.05, 3.63) is 17.7 Å². The molecule has 72 valence electrons. The van der Waals surface area contributed by atoms with Gasteiger partial charge in [-0.3, -0.25) is 0 Å². The maximum atomic E-state index is 8.78. The molecule has 0 spiro atoms. The number of aliphatic hydroxyl groups is 1. The van der Waals surface area contributed by atoms with Crippen LogP contribution in [0.5, 0.6) is 0 Å². The minimum absolute atomic E-state index is 0.200. The highest BCUT2D eigenvalue weighted by Gasteiger charge is 2.16. The first-order valence-corrected chi connectivity index (χ1v) is 4.95. The number of aliphatic hydroxyl groups excluding tert-OH is 1. The van der Waals surface area contributed by atoms with Crippen LogP contribution < -0.4 is 0 Å². The smallest absolute Gasteiger partial charge is 0.109 e. The van der Waals surface area contributed by atoms with Gasteiger partial charge in [0.1, 0.15) is 5.82 Å². The number of nitrogens with zero attached hydrogens (tertiary/aromatic N) is 2. The molecular formula is C10H16N2O. The Morgan fingerprint density at radius 2 is 2.54 bits per heavy atom. The zero-order valence-corrected chi connectivity index (χ0v) is 8.03. The quantitative estimate of drug-likeness (QED) is 0.737. The summed E-state index contributed by atoms with van der Waals surface area (Å²) in [6.07, 6.45) is 5.11. The average molecular weight is 180 g/mol. The Hall–Kier alpha value is -0.830. The average Bonchev–Trinajstić information content (AvgIpc) is 2.46. The van der Waals surface area contributed by atoms with Crippen LogP contribution in [0.15, 0.2) is 6.20 Å². The second kappa shape index (κ2) is 3.50. The molecule has 1 aromatic rings. The Kier molecular flexibility index (Phi) is 2.36. The summed E-state index contributed by atoms with van der Waals surface area (Å²) in [5, 5.41) is 8.78. The Morgan fingerprint density at radius 3 is 3.31 bits per heavy atom. The third kappa shape index (κ3) is 1.75. The highest BCUT2D eigenvalue weighted by Crippen LogP contribution is 2.19. The molecule has 2 rings (SSSR count). The maximum Gasteiger partial charge on any atom is 0.109 e. The topological polar surface area (TPSA) is 38.0 Å². The van der Waals surface area contributed by atoms with Crippen LogP contribution in [-0.2, 0) is 19.4 Å². The van der Waals surface area contributed by atoms with E-state index in [0.717, 1.165) is 24.6 Å². The Bertz CT molecular complexity index is 293. The van der Waals surface area contributed by atoms with E-state index in [4.69, 9.17) is 5.11 Å². The van der Waals surface area contributed by atoms with Gasteiger partial charge in [0.05, 0.1) is 5.69 Å². The van der Waals surface area contributed by atoms with Crippen molar-refractivity contribution in [2.45, 2.75) is 32.7 Å². The van der Waals surface area contributed by atoms with Crippen LogP contribution in [0.25, 0.3) is 0 Å². The van der Waals surface area contributed by atoms with Crippen LogP contribution in [0.4, 0.5) is 0 Å². The second-order valence-electron chi connectivity index (χ2n) is 3.91. The fourth-order valence-corrected chi connectivity index (χ4v) is 1.88. The van der Waals surface area contributed by atoms with Gasteiger partial charge in [0.25, 0.3) is 0 Å². The van der Waals surface area contributed by atoms with Gasteiger partial charge in [-0.2, -0.15) is 0 Å². The third-order valence-electron chi connectivity index (χ3n) is 2.67. The van der Waals surface area contributed by atoms with Crippen molar-refractivity contribution >= 4 is 0 Å². The summed E-state index contributed by atoms with van der Waals surface area (Å²) in [4.78, 5) is 4.49. The van der Waals surface area contributed by atoms with E-state index in [9.17, 15) is 0 Å². The largest absolute Gasteiger partial charge is 0.396 e. The molecule has 3 nitrogen and oxygen atoms in total. The summed E-state index contributed by atoms with van der Waals surface area (Å²) in [6.45, 7) is 3.56. The molecule has 1 aliphatic rings. The number of aryl methyl sites for hydroxylation is 1. The van der Waals surface area contributed by atoms with E-state index in [1.807, 2.05) is 0 Å². The molecule has 0 saturated carbocycles. The van der Waals surface area contributed by atoms with Crippen molar-refractivity contribution in [3.63, 3.8) is 0 Å². The summed E-state index contributed by atoms with van der Waals surface area (Å²) in [6, 6.07) is 0. The van der Waals surface area contributed by atoms with Crippen molar-refractivity contribution in [2.24, 2.45) is 5.92 Å². The van der Waals surface area contributed by atoms with E-state index in [1.54, 1.807) is 0 Å². The van der Waals surface area contributed by atoms with Gasteiger partial charge in [-0.15, -0.1) is 0 Å². The molecule has 1 aromatic heterocycles. The molecule has 1 N–H and O–H groups in total. The molecule has 0 aromatic carbocycles. The monoisotopic (exact) mass is 180 g/mol. The molecule has 0 saturated heterocycles. The van der Waals surface area contributed by atoms with Crippen LogP contribution in [0, 0.1) is 5.92 Å². The fourth-order valence-electron chi connectivity index (χ4n) is 1.88. The van der Waals surface area contributed by atoms with Crippen molar-refractivity contribution < 1.29 is 5.11 Å². The van der Waals surface area contributed by atoms with Gasteiger partial charge < -0.3 is 9.67 Å². The second-order valence-corrected chi connectivity index (χ2v) is 3.91. The van der Waals surface area contributed by atoms with Crippen LogP contribution in [-0.4, -0.2) is 21.3 Å². The SMILES string of the molecule is CC1CCn2cc(CCO)nc2C1. The predicted molar refractivity (Wildman–Crippen MR) is 50.5 cm³/mol. The fraction of sp³-hybridized carbons (Fsp3) is 0.700. The number of aromatic nitrogens is 2. The van der Waals surface area contributed by atoms with Crippen LogP contribution in [0.1, 0.15) is 24.9 Å². The highest BCUT2D eigenvalue weighted by atomic mass is 16.3. The molecule has 0 aliphatic carbocycles. The van der Waals surface area contributed by atoms with Crippen molar-refractivity contribution in [2.75, 3.05) is 6.61 Å². The lowest BCUT2D eigenvalue weighted by molar-refractivity contribution is 0.298. The van der Waals surface area contributed by atoms with Crippen molar-refractivity contribution in [1.29, 1.82) is 0 Å². The molecule has 0 fully saturated rings. The summed E-state index contributed by atoms with van der Waals surface area (Å²) >= 11 is 0. The molecule has 3 heteroatoms. The number of hydrogen-bond acceptors (Lipinski definition) is 2. The first kappa shape index (κ1) is 8.75. The molecule has 1 aliphatic heterocycles. The predicted octanol–water partition coefficient (Wildman–Crippen LogP) is 1.00. The summed E-state index contributed by atoms with van der Waals surface area (Å²) < 4.78 is 2.23. The van der Waals surface area contributed by atoms with Gasteiger partial charge in [0.15, 0.2) is 0 Å². The Balaban J connectivity index is 2.18. The standard InChI is InChI=1S/C10H16N2O/c1-8-2-4-12-7-9(3-5-13)11-10(12)6-8/h7-8,13H,2-6H2,1H3. The van der Waals surface area contributed by atoms with E-state index in [1.165, 1.54) is 12.2 Å². The molecule has 1 unspecified atom stereocenters. The lowest BCUT2D eigenvalue weighted by atomic mass is 10.0. The number of rotatable bonds is 2. The van der Waals surface area contributed by atoms with Gasteiger partial charge in [-0.1, -0.05) is 6.92 Å². The molecular weight excluding hydrogens is 164 g/mol. The molecule has 1 atom stereocenters. The highest BCUT2D eigenvalue weighted by molar-refractivity contribution is 5.07. The number of hydrogen-bond donors (Lipinski definition) is 1. The van der Waals surface area contributed by atoms with Crippen molar-refractivity contribution in [3.8, 4) is 0 Å². The zero-order chi connectivity index (χ0) is 9.26. The normalized spacial score (nSPS) is 21.5. The van der Waals surface area contributed by atoms with Gasteiger partial charge >= 0.3 is 0 Å². The van der Waals surface area contributed by atoms with Gasteiger partial charge in [0, 0.05) is 32.2 Å². The summed E-state index contributed by atoms with van der Waals surface area (Å²) in [7, 11) is 0. The lowest BCUT2D eigenvalue weighted by Crippen LogP contribution is -2.16. The van der Waals surface area contributed by atoms with Crippen LogP contribution in [0.3, 0.4) is 0 Å². The molecule has 13 heavy (non-hydrogen) atoms. The van der Waals surface area contributed by atoms with Gasteiger partial charge in [-0.05, 0) is 12.3 Å². The zero-order valence-electron chi connectivity index (χ0n) is 8.03. The first-order valence-electron chi connectivity index (χ1n) is 4.95. The minimum atomic E-state index is 0.200. The first-order chi connectivity index (χ1) is 6.29. The Labute approximate surface area is 78.4 Å². The Morgan fingerprint density at radius 1 is 1.69 bits per heavy atom. The third-order valence-corrected chi connectivity index (χ3v) is 2.67. The van der Waals surface area contributed by atoms with E-state index >= 15 is 0 Å². The van der Waals surface area contributed by atoms with E-state index in [0.29, 0.717) is 6.42 Å². The van der Waals surface area contributed by atoms with Gasteiger partial charge in [-0.25, -0.2) is 4.98 Å². The van der Waals surface area contributed by atoms with E-state index in [-0.39, 0.29) is 6.61 Å². The van der Waals surface area contributed by atoms with Crippen molar-refractivity contribution in [1.82, 2.24) is 9.55 Å². The lowest BCUT2D eigenvalue weighted by Gasteiger charge is -2.18. The van der Waals surface area contributed by atoms with E-state index in [2.05, 4.69) is 22.7 Å². The van der Waals surface area contributed by atoms with Crippen LogP contribution >= 0.6 is 0 Å². The van der Waals surface area contributed by atoms with Gasteiger partial charge in [0.2, 0.25) is 0 Å². The number of imidazole rings is 1. The maximum absolute atomic E-state index is 8.78. The summed E-state index contributed by atoms with van der Waals surface area (Å²) in [5.74, 6) is 1.96. The minimum Gasteiger partial charge on any atom is -0.396 e. The molecule has 0 radical (unpaired) electrons. The van der Waals surface area contributed by atoms with E-state index < -0.39 is 0 Å². The molecule has 0 amide bonds. The summed E-state index contributed by atoms with van der Waals surface area (Å²) in [5.41, 5.74) is 1.03. The molecule has 2 heterocycles. The number of fused-ring (bicyclic) bond motifs is 1.